The third-order valence-electron chi connectivity index (χ3n) is 6.12. The minimum atomic E-state index is -1.34. The standard InChI is InChI=1S/C25H26N6O6/c26-24(36)27-11-5-10-19(23(34)35)29-21(32)20(12-14-13-28-17-8-3-1-6-15(14)17)31-22(33)16-7-2-4-9-18(16)30-25(31)37/h1-4,6-9,13,19-20,28H,5,10-12H2,(H,29,32)(H,30,37)(H,34,35)(H3,26,27,36)/t19-,20-/m0/s1. The monoisotopic (exact) mass is 506 g/mol. The number of carboxylic acids is 1. The van der Waals surface area contributed by atoms with E-state index in [1.165, 1.54) is 6.07 Å². The summed E-state index contributed by atoms with van der Waals surface area (Å²) < 4.78 is 0.826. The van der Waals surface area contributed by atoms with E-state index in [2.05, 4.69) is 20.6 Å². The number of fused-ring (bicyclic) bond motifs is 2. The van der Waals surface area contributed by atoms with Crippen LogP contribution in [0.4, 0.5) is 4.79 Å². The van der Waals surface area contributed by atoms with Crippen LogP contribution < -0.4 is 27.6 Å². The number of aromatic amines is 2. The molecule has 192 valence electrons. The van der Waals surface area contributed by atoms with Crippen molar-refractivity contribution < 1.29 is 19.5 Å². The number of para-hydroxylation sites is 2. The molecule has 3 amide bonds. The van der Waals surface area contributed by atoms with Crippen LogP contribution in [0.5, 0.6) is 0 Å². The average molecular weight is 507 g/mol. The van der Waals surface area contributed by atoms with Gasteiger partial charge in [-0.1, -0.05) is 30.3 Å². The van der Waals surface area contributed by atoms with E-state index in [9.17, 15) is 29.1 Å². The molecule has 0 spiro atoms. The zero-order valence-electron chi connectivity index (χ0n) is 19.7. The van der Waals surface area contributed by atoms with Gasteiger partial charge >= 0.3 is 17.7 Å². The quantitative estimate of drug-likeness (QED) is 0.174. The van der Waals surface area contributed by atoms with Crippen LogP contribution in [0.25, 0.3) is 21.8 Å². The van der Waals surface area contributed by atoms with Crippen LogP contribution in [0.2, 0.25) is 0 Å². The number of nitrogens with zero attached hydrogens (tertiary/aromatic N) is 1. The fourth-order valence-corrected chi connectivity index (χ4v) is 4.31. The summed E-state index contributed by atoms with van der Waals surface area (Å²) in [5.41, 5.74) is 5.37. The predicted molar refractivity (Wildman–Crippen MR) is 136 cm³/mol. The van der Waals surface area contributed by atoms with Crippen LogP contribution in [-0.4, -0.2) is 50.1 Å². The number of nitrogens with one attached hydrogen (secondary N) is 4. The topological polar surface area (TPSA) is 192 Å². The number of carbonyl (C=O) groups is 3. The molecule has 0 bridgehead atoms. The lowest BCUT2D eigenvalue weighted by Crippen LogP contribution is -2.49. The number of H-pyrrole nitrogens is 2. The van der Waals surface area contributed by atoms with E-state index >= 15 is 0 Å². The molecular weight excluding hydrogens is 480 g/mol. The lowest BCUT2D eigenvalue weighted by Gasteiger charge is -2.22. The molecule has 0 unspecified atom stereocenters. The number of hydrogen-bond donors (Lipinski definition) is 6. The van der Waals surface area contributed by atoms with Gasteiger partial charge in [0, 0.05) is 30.1 Å². The third-order valence-corrected chi connectivity index (χ3v) is 6.12. The van der Waals surface area contributed by atoms with Crippen molar-refractivity contribution in [2.75, 3.05) is 6.54 Å². The van der Waals surface area contributed by atoms with Gasteiger partial charge in [0.15, 0.2) is 0 Å². The minimum absolute atomic E-state index is 0.00979. The Balaban J connectivity index is 1.71. The number of hydrogen-bond acceptors (Lipinski definition) is 5. The summed E-state index contributed by atoms with van der Waals surface area (Å²) in [6.45, 7) is 0.123. The number of carbonyl (C=O) groups excluding carboxylic acids is 2. The summed E-state index contributed by atoms with van der Waals surface area (Å²) in [5, 5.41) is 15.5. The first-order valence-corrected chi connectivity index (χ1v) is 11.6. The summed E-state index contributed by atoms with van der Waals surface area (Å²) in [4.78, 5) is 68.4. The molecule has 12 nitrogen and oxygen atoms in total. The molecule has 12 heteroatoms. The summed E-state index contributed by atoms with van der Waals surface area (Å²) in [6.07, 6.45) is 1.86. The van der Waals surface area contributed by atoms with Crippen LogP contribution in [0, 0.1) is 0 Å². The molecule has 2 aromatic carbocycles. The van der Waals surface area contributed by atoms with Crippen LogP contribution in [-0.2, 0) is 16.0 Å². The Kier molecular flexibility index (Phi) is 7.37. The Hall–Kier alpha value is -4.87. The summed E-state index contributed by atoms with van der Waals surface area (Å²) in [6, 6.07) is 10.4. The normalized spacial score (nSPS) is 12.8. The van der Waals surface area contributed by atoms with Crippen molar-refractivity contribution in [3.05, 3.63) is 81.1 Å². The number of aliphatic carboxylic acids is 1. The molecule has 0 saturated carbocycles. The SMILES string of the molecule is NC(=O)NCCC[C@H](NC(=O)[C@H](Cc1c[nH]c2ccccc12)n1c(=O)[nH]c2ccccc2c1=O)C(=O)O. The van der Waals surface area contributed by atoms with Crippen molar-refractivity contribution in [2.24, 2.45) is 5.73 Å². The van der Waals surface area contributed by atoms with Crippen molar-refractivity contribution in [3.63, 3.8) is 0 Å². The van der Waals surface area contributed by atoms with Gasteiger partial charge in [-0.2, -0.15) is 0 Å². The summed E-state index contributed by atoms with van der Waals surface area (Å²) in [5.74, 6) is -2.10. The zero-order chi connectivity index (χ0) is 26.5. The highest BCUT2D eigenvalue weighted by molar-refractivity contribution is 5.88. The largest absolute Gasteiger partial charge is 0.480 e. The highest BCUT2D eigenvalue weighted by Crippen LogP contribution is 2.22. The molecular formula is C25H26N6O6. The highest BCUT2D eigenvalue weighted by Gasteiger charge is 2.30. The Morgan fingerprint density at radius 2 is 1.68 bits per heavy atom. The number of amides is 3. The van der Waals surface area contributed by atoms with Crippen LogP contribution in [0.1, 0.15) is 24.4 Å². The maximum atomic E-state index is 13.5. The number of rotatable bonds is 10. The summed E-state index contributed by atoms with van der Waals surface area (Å²) in [7, 11) is 0. The van der Waals surface area contributed by atoms with Gasteiger partial charge in [-0.05, 0) is 36.6 Å². The first-order valence-electron chi connectivity index (χ1n) is 11.6. The number of urea groups is 1. The van der Waals surface area contributed by atoms with Crippen molar-refractivity contribution in [1.29, 1.82) is 0 Å². The lowest BCUT2D eigenvalue weighted by atomic mass is 10.0. The molecule has 0 fully saturated rings. The molecule has 2 atom stereocenters. The van der Waals surface area contributed by atoms with Crippen molar-refractivity contribution in [2.45, 2.75) is 31.3 Å². The Bertz CT molecular complexity index is 1590. The second kappa shape index (κ2) is 10.8. The third kappa shape index (κ3) is 5.53. The molecule has 4 rings (SSSR count). The van der Waals surface area contributed by atoms with Gasteiger partial charge in [0.2, 0.25) is 5.91 Å². The summed E-state index contributed by atoms with van der Waals surface area (Å²) >= 11 is 0. The smallest absolute Gasteiger partial charge is 0.329 e. The molecule has 37 heavy (non-hydrogen) atoms. The van der Waals surface area contributed by atoms with Gasteiger partial charge in [0.05, 0.1) is 10.9 Å². The maximum Gasteiger partial charge on any atom is 0.329 e. The molecule has 0 radical (unpaired) electrons. The number of primary amides is 1. The minimum Gasteiger partial charge on any atom is -0.480 e. The molecule has 4 aromatic rings. The fraction of sp³-hybridized carbons (Fsp3) is 0.240. The van der Waals surface area contributed by atoms with E-state index in [1.807, 2.05) is 24.3 Å². The van der Waals surface area contributed by atoms with Gasteiger partial charge in [-0.15, -0.1) is 0 Å². The van der Waals surface area contributed by atoms with Gasteiger partial charge in [0.25, 0.3) is 5.56 Å². The fourth-order valence-electron chi connectivity index (χ4n) is 4.31. The zero-order valence-corrected chi connectivity index (χ0v) is 19.7. The number of carboxylic acid groups (broad SMARTS) is 1. The molecule has 0 aliphatic carbocycles. The van der Waals surface area contributed by atoms with E-state index < -0.39 is 41.2 Å². The lowest BCUT2D eigenvalue weighted by molar-refractivity contribution is -0.142. The molecule has 0 saturated heterocycles. The van der Waals surface area contributed by atoms with E-state index in [0.29, 0.717) is 11.1 Å². The van der Waals surface area contributed by atoms with E-state index in [0.717, 1.165) is 15.5 Å². The van der Waals surface area contributed by atoms with E-state index in [1.54, 1.807) is 24.4 Å². The van der Waals surface area contributed by atoms with Crippen molar-refractivity contribution in [3.8, 4) is 0 Å². The second-order valence-electron chi connectivity index (χ2n) is 8.56. The first kappa shape index (κ1) is 25.2. The van der Waals surface area contributed by atoms with Gasteiger partial charge in [0.1, 0.15) is 12.1 Å². The van der Waals surface area contributed by atoms with Crippen molar-refractivity contribution in [1.82, 2.24) is 25.2 Å². The van der Waals surface area contributed by atoms with E-state index in [-0.39, 0.29) is 31.2 Å². The van der Waals surface area contributed by atoms with Crippen LogP contribution >= 0.6 is 0 Å². The number of benzene rings is 2. The maximum absolute atomic E-state index is 13.5. The van der Waals surface area contributed by atoms with Crippen LogP contribution in [0.3, 0.4) is 0 Å². The second-order valence-corrected chi connectivity index (χ2v) is 8.56. The Morgan fingerprint density at radius 1 is 1.00 bits per heavy atom. The Labute approximate surface area is 209 Å². The number of nitrogens with two attached hydrogens (primary N) is 1. The van der Waals surface area contributed by atoms with Gasteiger partial charge in [-0.25, -0.2) is 19.0 Å². The molecule has 2 aromatic heterocycles. The Morgan fingerprint density at radius 3 is 2.38 bits per heavy atom. The number of aromatic nitrogens is 3. The van der Waals surface area contributed by atoms with Gasteiger partial charge < -0.3 is 31.4 Å². The first-order chi connectivity index (χ1) is 17.8. The highest BCUT2D eigenvalue weighted by atomic mass is 16.4. The molecule has 7 N–H and O–H groups in total. The molecule has 0 aliphatic rings. The van der Waals surface area contributed by atoms with Crippen molar-refractivity contribution >= 4 is 39.7 Å². The van der Waals surface area contributed by atoms with Gasteiger partial charge in [-0.3, -0.25) is 9.59 Å². The molecule has 2 heterocycles. The molecule has 0 aliphatic heterocycles. The van der Waals surface area contributed by atoms with Crippen LogP contribution in [0.15, 0.2) is 64.3 Å². The predicted octanol–water partition coefficient (Wildman–Crippen LogP) is 0.973. The average Bonchev–Trinajstić information content (AvgIpc) is 3.27. The van der Waals surface area contributed by atoms with E-state index in [4.69, 9.17) is 5.73 Å².